The average Bonchev–Trinajstić information content (AvgIpc) is 2.34. The van der Waals surface area contributed by atoms with Crippen molar-refractivity contribution < 1.29 is 23.6 Å². The van der Waals surface area contributed by atoms with Gasteiger partial charge in [0.2, 0.25) is 5.95 Å². The molecule has 1 rings (SSSR count). The summed E-state index contributed by atoms with van der Waals surface area (Å²) in [6.07, 6.45) is -4.45. The van der Waals surface area contributed by atoms with E-state index < -0.39 is 30.7 Å². The van der Waals surface area contributed by atoms with Crippen LogP contribution in [0.15, 0.2) is 0 Å². The van der Waals surface area contributed by atoms with Crippen molar-refractivity contribution in [2.45, 2.75) is 26.1 Å². The lowest BCUT2D eigenvalue weighted by atomic mass is 10.4. The van der Waals surface area contributed by atoms with Crippen LogP contribution in [-0.2, 0) is 0 Å². The Kier molecular flexibility index (Phi) is 4.67. The zero-order chi connectivity index (χ0) is 14.6. The van der Waals surface area contributed by atoms with E-state index in [4.69, 9.17) is 5.21 Å². The molecule has 11 heteroatoms. The van der Waals surface area contributed by atoms with Gasteiger partial charge in [0.25, 0.3) is 11.9 Å². The molecule has 0 unspecified atom stereocenters. The van der Waals surface area contributed by atoms with Crippen molar-refractivity contribution in [3.05, 3.63) is 0 Å². The fourth-order valence-electron chi connectivity index (χ4n) is 1.01. The molecule has 1 aromatic rings. The fourth-order valence-corrected chi connectivity index (χ4v) is 1.01. The maximum atomic E-state index is 12.1. The van der Waals surface area contributed by atoms with Crippen LogP contribution in [0, 0.1) is 0 Å². The van der Waals surface area contributed by atoms with E-state index in [9.17, 15) is 18.4 Å². The number of hydroxylamine groups is 1. The topological polar surface area (TPSA) is 106 Å². The van der Waals surface area contributed by atoms with Crippen molar-refractivity contribution in [1.29, 1.82) is 0 Å². The van der Waals surface area contributed by atoms with Crippen molar-refractivity contribution >= 4 is 17.8 Å². The number of alkyl halides is 3. The number of halogens is 3. The second-order valence-corrected chi connectivity index (χ2v) is 3.80. The summed E-state index contributed by atoms with van der Waals surface area (Å²) in [4.78, 5) is 10.7. The van der Waals surface area contributed by atoms with Crippen LogP contribution < -0.4 is 15.9 Å². The number of rotatable bonds is 5. The molecule has 0 aliphatic heterocycles. The molecular weight excluding hydrogens is 269 g/mol. The van der Waals surface area contributed by atoms with E-state index >= 15 is 0 Å². The molecule has 0 aromatic carbocycles. The number of nitrogens with one attached hydrogen (secondary N) is 2. The van der Waals surface area contributed by atoms with Gasteiger partial charge in [-0.05, 0) is 13.8 Å². The molecule has 4 N–H and O–H groups in total. The van der Waals surface area contributed by atoms with E-state index in [-0.39, 0.29) is 5.95 Å². The van der Waals surface area contributed by atoms with Crippen molar-refractivity contribution in [2.24, 2.45) is 0 Å². The molecule has 0 aliphatic rings. The van der Waals surface area contributed by atoms with Gasteiger partial charge in [0.1, 0.15) is 6.54 Å². The number of hydrogen-bond acceptors (Lipinski definition) is 8. The largest absolute Gasteiger partial charge is 0.405 e. The van der Waals surface area contributed by atoms with Gasteiger partial charge in [-0.2, -0.15) is 28.1 Å². The summed E-state index contributed by atoms with van der Waals surface area (Å²) < 4.78 is 36.2. The van der Waals surface area contributed by atoms with E-state index in [2.05, 4.69) is 15.0 Å². The third-order valence-corrected chi connectivity index (χ3v) is 1.86. The molecule has 0 aliphatic carbocycles. The van der Waals surface area contributed by atoms with Crippen molar-refractivity contribution in [2.75, 3.05) is 22.4 Å². The summed E-state index contributed by atoms with van der Waals surface area (Å²) in [5.41, 5.74) is 1.58. The fraction of sp³-hybridized carbons (Fsp3) is 0.625. The Morgan fingerprint density at radius 1 is 1.21 bits per heavy atom. The maximum Gasteiger partial charge on any atom is 0.405 e. The number of hydrogen-bond donors (Lipinski definition) is 4. The molecule has 0 saturated carbocycles. The summed E-state index contributed by atoms with van der Waals surface area (Å²) in [5.74, 6) is -1.13. The minimum absolute atomic E-state index is 0.300. The van der Waals surface area contributed by atoms with Gasteiger partial charge in [-0.15, -0.1) is 0 Å². The SMILES string of the molecule is CC(C)N(O)c1nc(NO)nc(NCC(F)(F)F)n1. The van der Waals surface area contributed by atoms with Gasteiger partial charge in [0.15, 0.2) is 0 Å². The van der Waals surface area contributed by atoms with Gasteiger partial charge >= 0.3 is 6.18 Å². The van der Waals surface area contributed by atoms with Crippen molar-refractivity contribution in [3.8, 4) is 0 Å². The minimum Gasteiger partial charge on any atom is -0.345 e. The lowest BCUT2D eigenvalue weighted by Gasteiger charge is -2.19. The summed E-state index contributed by atoms with van der Waals surface area (Å²) in [7, 11) is 0. The number of nitrogens with zero attached hydrogens (tertiary/aromatic N) is 4. The first kappa shape index (κ1) is 15.2. The lowest BCUT2D eigenvalue weighted by Crippen LogP contribution is -2.29. The van der Waals surface area contributed by atoms with Crippen LogP contribution in [0.4, 0.5) is 31.0 Å². The predicted octanol–water partition coefficient (Wildman–Crippen LogP) is 1.25. The molecule has 1 heterocycles. The highest BCUT2D eigenvalue weighted by Crippen LogP contribution is 2.17. The highest BCUT2D eigenvalue weighted by molar-refractivity contribution is 5.41. The second-order valence-electron chi connectivity index (χ2n) is 3.80. The first-order valence-corrected chi connectivity index (χ1v) is 5.18. The van der Waals surface area contributed by atoms with Crippen LogP contribution in [0.5, 0.6) is 0 Å². The van der Waals surface area contributed by atoms with Gasteiger partial charge < -0.3 is 5.32 Å². The average molecular weight is 282 g/mol. The summed E-state index contributed by atoms with van der Waals surface area (Å²) in [6.45, 7) is 1.87. The molecule has 0 spiro atoms. The quantitative estimate of drug-likeness (QED) is 0.598. The molecule has 19 heavy (non-hydrogen) atoms. The first-order chi connectivity index (χ1) is 8.73. The number of aromatic nitrogens is 3. The third-order valence-electron chi connectivity index (χ3n) is 1.86. The molecule has 8 nitrogen and oxygen atoms in total. The Labute approximate surface area is 106 Å². The van der Waals surface area contributed by atoms with Crippen LogP contribution in [-0.4, -0.2) is 44.1 Å². The predicted molar refractivity (Wildman–Crippen MR) is 59.2 cm³/mol. The normalized spacial score (nSPS) is 11.6. The van der Waals surface area contributed by atoms with Gasteiger partial charge in [0.05, 0.1) is 6.04 Å². The Balaban J connectivity index is 2.95. The van der Waals surface area contributed by atoms with E-state index in [1.807, 2.05) is 5.32 Å². The molecule has 108 valence electrons. The van der Waals surface area contributed by atoms with Gasteiger partial charge in [-0.25, -0.2) is 10.5 Å². The molecular formula is C8H13F3N6O2. The molecule has 0 saturated heterocycles. The summed E-state index contributed by atoms with van der Waals surface area (Å²) >= 11 is 0. The van der Waals surface area contributed by atoms with Crippen LogP contribution in [0.25, 0.3) is 0 Å². The highest BCUT2D eigenvalue weighted by atomic mass is 19.4. The lowest BCUT2D eigenvalue weighted by molar-refractivity contribution is -0.115. The minimum atomic E-state index is -4.45. The van der Waals surface area contributed by atoms with E-state index in [0.717, 1.165) is 0 Å². The highest BCUT2D eigenvalue weighted by Gasteiger charge is 2.27. The first-order valence-electron chi connectivity index (χ1n) is 5.18. The zero-order valence-corrected chi connectivity index (χ0v) is 10.1. The van der Waals surface area contributed by atoms with Crippen LogP contribution in [0.1, 0.15) is 13.8 Å². The molecule has 0 radical (unpaired) electrons. The Morgan fingerprint density at radius 2 is 1.79 bits per heavy atom. The maximum absolute atomic E-state index is 12.1. The van der Waals surface area contributed by atoms with Crippen LogP contribution in [0.3, 0.4) is 0 Å². The molecule has 0 amide bonds. The Hall–Kier alpha value is -1.88. The summed E-state index contributed by atoms with van der Waals surface area (Å²) in [5, 5.41) is 20.8. The van der Waals surface area contributed by atoms with E-state index in [1.54, 1.807) is 19.3 Å². The van der Waals surface area contributed by atoms with Gasteiger partial charge in [-0.3, -0.25) is 10.4 Å². The molecule has 0 bridgehead atoms. The third kappa shape index (κ3) is 4.71. The zero-order valence-electron chi connectivity index (χ0n) is 10.1. The summed E-state index contributed by atoms with van der Waals surface area (Å²) in [6, 6.07) is -0.413. The monoisotopic (exact) mass is 282 g/mol. The second kappa shape index (κ2) is 5.84. The molecule has 0 fully saturated rings. The Morgan fingerprint density at radius 3 is 2.26 bits per heavy atom. The van der Waals surface area contributed by atoms with E-state index in [0.29, 0.717) is 5.06 Å². The van der Waals surface area contributed by atoms with Gasteiger partial charge in [-0.1, -0.05) is 0 Å². The van der Waals surface area contributed by atoms with Crippen LogP contribution in [0.2, 0.25) is 0 Å². The van der Waals surface area contributed by atoms with Crippen molar-refractivity contribution in [1.82, 2.24) is 15.0 Å². The smallest absolute Gasteiger partial charge is 0.345 e. The van der Waals surface area contributed by atoms with E-state index in [1.165, 1.54) is 0 Å². The molecule has 1 aromatic heterocycles. The Bertz CT molecular complexity index is 427. The standard InChI is InChI=1S/C8H13F3N6O2/c1-4(2)17(19)7-14-5(12-3-8(9,10)11)13-6(15-7)16-18/h4,18-19H,3H2,1-2H3,(H2,12,13,14,15,16). The number of anilines is 3. The van der Waals surface area contributed by atoms with Gasteiger partial charge in [0, 0.05) is 0 Å². The molecule has 0 atom stereocenters. The van der Waals surface area contributed by atoms with Crippen LogP contribution >= 0.6 is 0 Å². The van der Waals surface area contributed by atoms with Crippen molar-refractivity contribution in [3.63, 3.8) is 0 Å².